The lowest BCUT2D eigenvalue weighted by molar-refractivity contribution is 0.318. The van der Waals surface area contributed by atoms with Gasteiger partial charge in [0.1, 0.15) is 0 Å². The van der Waals surface area contributed by atoms with Crippen molar-refractivity contribution in [2.24, 2.45) is 5.92 Å². The van der Waals surface area contributed by atoms with E-state index in [2.05, 4.69) is 55.3 Å². The maximum atomic E-state index is 3.63. The molecule has 1 aromatic carbocycles. The monoisotopic (exact) mass is 288 g/mol. The number of nitrogens with zero attached hydrogens (tertiary/aromatic N) is 1. The Kier molecular flexibility index (Phi) is 6.56. The van der Waals surface area contributed by atoms with Gasteiger partial charge in [-0.2, -0.15) is 0 Å². The second-order valence-electron chi connectivity index (χ2n) is 6.34. The van der Waals surface area contributed by atoms with Crippen molar-refractivity contribution in [2.75, 3.05) is 24.5 Å². The zero-order valence-electron chi connectivity index (χ0n) is 14.1. The van der Waals surface area contributed by atoms with E-state index in [4.69, 9.17) is 0 Å². The van der Waals surface area contributed by atoms with Crippen molar-refractivity contribution < 1.29 is 0 Å². The number of nitrogens with one attached hydrogen (secondary N) is 1. The van der Waals surface area contributed by atoms with Gasteiger partial charge in [-0.15, -0.1) is 0 Å². The first-order chi connectivity index (χ1) is 10.3. The summed E-state index contributed by atoms with van der Waals surface area (Å²) in [6, 6.07) is 9.76. The molecule has 2 nitrogen and oxygen atoms in total. The van der Waals surface area contributed by atoms with E-state index in [-0.39, 0.29) is 0 Å². The summed E-state index contributed by atoms with van der Waals surface area (Å²) in [6.45, 7) is 10.2. The van der Waals surface area contributed by atoms with Crippen LogP contribution in [0.1, 0.15) is 64.5 Å². The fraction of sp³-hybridized carbons (Fsp3) is 0.684. The van der Waals surface area contributed by atoms with Crippen LogP contribution < -0.4 is 10.2 Å². The minimum absolute atomic E-state index is 0.501. The molecule has 2 rings (SSSR count). The van der Waals surface area contributed by atoms with Gasteiger partial charge in [-0.3, -0.25) is 0 Å². The highest BCUT2D eigenvalue weighted by Gasteiger charge is 2.20. The summed E-state index contributed by atoms with van der Waals surface area (Å²) >= 11 is 0. The fourth-order valence-corrected chi connectivity index (χ4v) is 3.14. The minimum Gasteiger partial charge on any atom is -0.372 e. The van der Waals surface area contributed by atoms with Crippen LogP contribution in [0.25, 0.3) is 0 Å². The molecule has 1 saturated carbocycles. The Morgan fingerprint density at radius 3 is 2.33 bits per heavy atom. The molecule has 1 fully saturated rings. The van der Waals surface area contributed by atoms with E-state index >= 15 is 0 Å². The first-order valence-electron chi connectivity index (χ1n) is 8.86. The van der Waals surface area contributed by atoms with Gasteiger partial charge < -0.3 is 10.2 Å². The van der Waals surface area contributed by atoms with Crippen molar-refractivity contribution in [3.05, 3.63) is 29.8 Å². The van der Waals surface area contributed by atoms with E-state index < -0.39 is 0 Å². The molecular formula is C19H32N2. The van der Waals surface area contributed by atoms with Gasteiger partial charge in [0, 0.05) is 24.8 Å². The third-order valence-corrected chi connectivity index (χ3v) is 4.79. The Bertz CT molecular complexity index is 395. The molecule has 1 aliphatic rings. The molecule has 2 heteroatoms. The van der Waals surface area contributed by atoms with Crippen LogP contribution in [-0.4, -0.2) is 19.6 Å². The maximum absolute atomic E-state index is 3.63. The van der Waals surface area contributed by atoms with E-state index in [9.17, 15) is 0 Å². The molecule has 0 saturated heterocycles. The summed E-state index contributed by atoms with van der Waals surface area (Å²) in [7, 11) is 0. The lowest BCUT2D eigenvalue weighted by atomic mass is 9.85. The van der Waals surface area contributed by atoms with Crippen LogP contribution in [0.15, 0.2) is 24.3 Å². The number of benzene rings is 1. The number of anilines is 1. The lowest BCUT2D eigenvalue weighted by Crippen LogP contribution is -2.32. The molecule has 0 aromatic heterocycles. The molecule has 0 bridgehead atoms. The number of hydrogen-bond acceptors (Lipinski definition) is 2. The van der Waals surface area contributed by atoms with Crippen LogP contribution >= 0.6 is 0 Å². The average molecular weight is 288 g/mol. The van der Waals surface area contributed by atoms with Gasteiger partial charge in [-0.05, 0) is 62.8 Å². The van der Waals surface area contributed by atoms with Crippen molar-refractivity contribution >= 4 is 5.69 Å². The van der Waals surface area contributed by atoms with Crippen LogP contribution in [0.5, 0.6) is 0 Å². The van der Waals surface area contributed by atoms with Crippen molar-refractivity contribution in [3.63, 3.8) is 0 Å². The van der Waals surface area contributed by atoms with Gasteiger partial charge >= 0.3 is 0 Å². The molecule has 1 atom stereocenters. The zero-order chi connectivity index (χ0) is 15.1. The molecule has 1 N–H and O–H groups in total. The second kappa shape index (κ2) is 8.43. The quantitative estimate of drug-likeness (QED) is 0.704. The summed E-state index contributed by atoms with van der Waals surface area (Å²) in [5, 5.41) is 3.63. The van der Waals surface area contributed by atoms with Gasteiger partial charge in [-0.25, -0.2) is 0 Å². The molecule has 0 aliphatic heterocycles. The topological polar surface area (TPSA) is 15.3 Å². The Morgan fingerprint density at radius 1 is 1.14 bits per heavy atom. The largest absolute Gasteiger partial charge is 0.372 e. The van der Waals surface area contributed by atoms with Gasteiger partial charge in [0.05, 0.1) is 0 Å². The Morgan fingerprint density at radius 2 is 1.86 bits per heavy atom. The molecule has 1 aliphatic carbocycles. The summed E-state index contributed by atoms with van der Waals surface area (Å²) in [5.41, 5.74) is 2.81. The van der Waals surface area contributed by atoms with Gasteiger partial charge in [0.2, 0.25) is 0 Å². The highest BCUT2D eigenvalue weighted by Crippen LogP contribution is 2.29. The van der Waals surface area contributed by atoms with Crippen LogP contribution in [0.4, 0.5) is 5.69 Å². The minimum atomic E-state index is 0.501. The highest BCUT2D eigenvalue weighted by molar-refractivity contribution is 5.48. The predicted octanol–water partition coefficient (Wildman–Crippen LogP) is 4.76. The third kappa shape index (κ3) is 4.47. The lowest BCUT2D eigenvalue weighted by Gasteiger charge is -2.33. The van der Waals surface area contributed by atoms with Crippen LogP contribution in [0.2, 0.25) is 0 Å². The van der Waals surface area contributed by atoms with E-state index in [1.54, 1.807) is 0 Å². The molecule has 1 aromatic rings. The van der Waals surface area contributed by atoms with E-state index in [0.717, 1.165) is 25.4 Å². The van der Waals surface area contributed by atoms with Crippen molar-refractivity contribution in [3.8, 4) is 0 Å². The summed E-state index contributed by atoms with van der Waals surface area (Å²) in [5.74, 6) is 0.930. The van der Waals surface area contributed by atoms with Crippen LogP contribution in [0.3, 0.4) is 0 Å². The molecule has 1 unspecified atom stereocenters. The molecule has 21 heavy (non-hydrogen) atoms. The van der Waals surface area contributed by atoms with Crippen molar-refractivity contribution in [2.45, 2.75) is 58.9 Å². The van der Waals surface area contributed by atoms with E-state index in [1.807, 2.05) is 0 Å². The van der Waals surface area contributed by atoms with Crippen molar-refractivity contribution in [1.82, 2.24) is 5.32 Å². The molecule has 0 radical (unpaired) electrons. The van der Waals surface area contributed by atoms with E-state index in [1.165, 1.54) is 43.5 Å². The predicted molar refractivity (Wildman–Crippen MR) is 93.0 cm³/mol. The summed E-state index contributed by atoms with van der Waals surface area (Å²) in [4.78, 5) is 2.54. The third-order valence-electron chi connectivity index (χ3n) is 4.79. The zero-order valence-corrected chi connectivity index (χ0v) is 14.1. The Labute approximate surface area is 130 Å². The SMILES string of the molecule is CCCNC(CC)c1ccc(N(CC)CC2CCC2)cc1. The maximum Gasteiger partial charge on any atom is 0.0366 e. The smallest absolute Gasteiger partial charge is 0.0366 e. The van der Waals surface area contributed by atoms with Crippen LogP contribution in [0, 0.1) is 5.92 Å². The average Bonchev–Trinajstić information content (AvgIpc) is 2.48. The van der Waals surface area contributed by atoms with Gasteiger partial charge in [0.15, 0.2) is 0 Å². The van der Waals surface area contributed by atoms with E-state index in [0.29, 0.717) is 6.04 Å². The number of rotatable bonds is 9. The second-order valence-corrected chi connectivity index (χ2v) is 6.34. The highest BCUT2D eigenvalue weighted by atomic mass is 15.1. The van der Waals surface area contributed by atoms with Gasteiger partial charge in [0.25, 0.3) is 0 Å². The fourth-order valence-electron chi connectivity index (χ4n) is 3.14. The Balaban J connectivity index is 1.98. The Hall–Kier alpha value is -1.02. The first kappa shape index (κ1) is 16.4. The normalized spacial score (nSPS) is 16.5. The molecule has 0 spiro atoms. The molecular weight excluding hydrogens is 256 g/mol. The standard InChI is InChI=1S/C19H32N2/c1-4-14-20-19(5-2)17-10-12-18(13-11-17)21(6-3)15-16-8-7-9-16/h10-13,16,19-20H,4-9,14-15H2,1-3H3. The number of hydrogen-bond donors (Lipinski definition) is 1. The van der Waals surface area contributed by atoms with Crippen molar-refractivity contribution in [1.29, 1.82) is 0 Å². The summed E-state index contributed by atoms with van der Waals surface area (Å²) in [6.07, 6.45) is 6.63. The summed E-state index contributed by atoms with van der Waals surface area (Å²) < 4.78 is 0. The molecule has 0 heterocycles. The van der Waals surface area contributed by atoms with Crippen LogP contribution in [-0.2, 0) is 0 Å². The molecule has 118 valence electrons. The van der Waals surface area contributed by atoms with Gasteiger partial charge in [-0.1, -0.05) is 32.4 Å². The molecule has 0 amide bonds. The first-order valence-corrected chi connectivity index (χ1v) is 8.86.